The second-order valence-corrected chi connectivity index (χ2v) is 5.19. The highest BCUT2D eigenvalue weighted by molar-refractivity contribution is 5.94. The molecule has 24 heavy (non-hydrogen) atoms. The Labute approximate surface area is 142 Å². The molecule has 2 aromatic rings. The summed E-state index contributed by atoms with van der Waals surface area (Å²) in [4.78, 5) is 12.1. The Morgan fingerprint density at radius 3 is 2.42 bits per heavy atom. The van der Waals surface area contributed by atoms with Crippen LogP contribution in [-0.2, 0) is 0 Å². The van der Waals surface area contributed by atoms with Crippen molar-refractivity contribution in [2.24, 2.45) is 0 Å². The number of benzene rings is 2. The minimum absolute atomic E-state index is 0.125. The van der Waals surface area contributed by atoms with E-state index in [1.807, 2.05) is 30.3 Å². The summed E-state index contributed by atoms with van der Waals surface area (Å²) in [5, 5.41) is 2.90. The second-order valence-electron chi connectivity index (χ2n) is 5.19. The number of carbonyl (C=O) groups excluding carboxylic acids is 1. The highest BCUT2D eigenvalue weighted by Gasteiger charge is 2.10. The van der Waals surface area contributed by atoms with Gasteiger partial charge in [-0.2, -0.15) is 0 Å². The number of hydrogen-bond donors (Lipinski definition) is 1. The molecule has 1 N–H and O–H groups in total. The van der Waals surface area contributed by atoms with Crippen LogP contribution in [0.1, 0.15) is 23.2 Å². The summed E-state index contributed by atoms with van der Waals surface area (Å²) >= 11 is 0. The van der Waals surface area contributed by atoms with E-state index in [0.29, 0.717) is 30.2 Å². The third kappa shape index (κ3) is 5.19. The zero-order valence-corrected chi connectivity index (χ0v) is 14.1. The van der Waals surface area contributed by atoms with Crippen LogP contribution in [0.25, 0.3) is 0 Å². The van der Waals surface area contributed by atoms with Gasteiger partial charge >= 0.3 is 0 Å². The van der Waals surface area contributed by atoms with Gasteiger partial charge in [-0.05, 0) is 43.2 Å². The fraction of sp³-hybridized carbons (Fsp3) is 0.316. The topological polar surface area (TPSA) is 56.8 Å². The van der Waals surface area contributed by atoms with E-state index >= 15 is 0 Å². The zero-order valence-electron chi connectivity index (χ0n) is 14.1. The molecule has 0 unspecified atom stereocenters. The minimum Gasteiger partial charge on any atom is -0.494 e. The van der Waals surface area contributed by atoms with Crippen molar-refractivity contribution in [3.05, 3.63) is 54.1 Å². The molecule has 0 fully saturated rings. The summed E-state index contributed by atoms with van der Waals surface area (Å²) < 4.78 is 16.0. The molecular weight excluding hydrogens is 306 g/mol. The van der Waals surface area contributed by atoms with Gasteiger partial charge in [0.1, 0.15) is 5.75 Å². The maximum absolute atomic E-state index is 12.1. The van der Waals surface area contributed by atoms with Crippen molar-refractivity contribution in [1.82, 2.24) is 5.32 Å². The molecule has 0 aromatic heterocycles. The molecule has 128 valence electrons. The third-order valence-electron chi connectivity index (χ3n) is 3.51. The molecule has 5 heteroatoms. The van der Waals surface area contributed by atoms with E-state index < -0.39 is 0 Å². The van der Waals surface area contributed by atoms with Gasteiger partial charge < -0.3 is 19.5 Å². The summed E-state index contributed by atoms with van der Waals surface area (Å²) in [7, 11) is 3.11. The molecule has 0 radical (unpaired) electrons. The summed E-state index contributed by atoms with van der Waals surface area (Å²) in [5.74, 6) is 1.89. The number of methoxy groups -OCH3 is 2. The summed E-state index contributed by atoms with van der Waals surface area (Å²) in [6.07, 6.45) is 1.73. The maximum Gasteiger partial charge on any atom is 0.251 e. The smallest absolute Gasteiger partial charge is 0.251 e. The lowest BCUT2D eigenvalue weighted by Crippen LogP contribution is -2.24. The standard InChI is InChI=1S/C19H23NO4/c1-22-17-11-10-15(14-18(17)23-2)19(21)20-12-6-7-13-24-16-8-4-3-5-9-16/h3-5,8-11,14H,6-7,12-13H2,1-2H3,(H,20,21). The van der Waals surface area contributed by atoms with E-state index in [4.69, 9.17) is 14.2 Å². The fourth-order valence-electron chi connectivity index (χ4n) is 2.22. The van der Waals surface area contributed by atoms with Crippen molar-refractivity contribution in [3.63, 3.8) is 0 Å². The molecule has 2 rings (SSSR count). The molecule has 2 aromatic carbocycles. The molecule has 0 saturated heterocycles. The van der Waals surface area contributed by atoms with Crippen LogP contribution in [0.2, 0.25) is 0 Å². The van der Waals surface area contributed by atoms with Gasteiger partial charge in [0, 0.05) is 12.1 Å². The molecule has 0 aliphatic rings. The highest BCUT2D eigenvalue weighted by atomic mass is 16.5. The first kappa shape index (κ1) is 17.7. The number of ether oxygens (including phenoxy) is 3. The first-order valence-electron chi connectivity index (χ1n) is 7.92. The number of nitrogens with one attached hydrogen (secondary N) is 1. The largest absolute Gasteiger partial charge is 0.494 e. The minimum atomic E-state index is -0.125. The van der Waals surface area contributed by atoms with Gasteiger partial charge in [0.2, 0.25) is 0 Å². The molecule has 1 amide bonds. The first-order valence-corrected chi connectivity index (χ1v) is 7.92. The second kappa shape index (κ2) is 9.45. The highest BCUT2D eigenvalue weighted by Crippen LogP contribution is 2.27. The van der Waals surface area contributed by atoms with Crippen LogP contribution in [0.3, 0.4) is 0 Å². The van der Waals surface area contributed by atoms with Crippen molar-refractivity contribution >= 4 is 5.91 Å². The maximum atomic E-state index is 12.1. The molecule has 0 spiro atoms. The molecule has 0 bridgehead atoms. The fourth-order valence-corrected chi connectivity index (χ4v) is 2.22. The number of unbranched alkanes of at least 4 members (excludes halogenated alkanes) is 1. The van der Waals surface area contributed by atoms with Gasteiger partial charge in [0.25, 0.3) is 5.91 Å². The summed E-state index contributed by atoms with van der Waals surface area (Å²) in [5.41, 5.74) is 0.549. The van der Waals surface area contributed by atoms with Crippen molar-refractivity contribution in [1.29, 1.82) is 0 Å². The van der Waals surface area contributed by atoms with Crippen LogP contribution in [0.5, 0.6) is 17.2 Å². The molecular formula is C19H23NO4. The molecule has 0 aliphatic heterocycles. The van der Waals surface area contributed by atoms with E-state index in [1.165, 1.54) is 0 Å². The van der Waals surface area contributed by atoms with Crippen molar-refractivity contribution in [2.45, 2.75) is 12.8 Å². The van der Waals surface area contributed by atoms with Crippen LogP contribution in [0.15, 0.2) is 48.5 Å². The average Bonchev–Trinajstić information content (AvgIpc) is 2.64. The summed E-state index contributed by atoms with van der Waals surface area (Å²) in [6.45, 7) is 1.24. The molecule has 0 aliphatic carbocycles. The number of para-hydroxylation sites is 1. The van der Waals surface area contributed by atoms with E-state index in [0.717, 1.165) is 18.6 Å². The number of carbonyl (C=O) groups is 1. The normalized spacial score (nSPS) is 10.1. The van der Waals surface area contributed by atoms with Crippen LogP contribution in [0.4, 0.5) is 0 Å². The average molecular weight is 329 g/mol. The molecule has 0 heterocycles. The van der Waals surface area contributed by atoms with Gasteiger partial charge in [-0.3, -0.25) is 4.79 Å². The SMILES string of the molecule is COc1ccc(C(=O)NCCCCOc2ccccc2)cc1OC. The number of rotatable bonds is 9. The molecule has 5 nitrogen and oxygen atoms in total. The van der Waals surface area contributed by atoms with Gasteiger partial charge in [-0.15, -0.1) is 0 Å². The Morgan fingerprint density at radius 2 is 1.71 bits per heavy atom. The van der Waals surface area contributed by atoms with E-state index in [9.17, 15) is 4.79 Å². The Balaban J connectivity index is 1.69. The van der Waals surface area contributed by atoms with Crippen molar-refractivity contribution < 1.29 is 19.0 Å². The lowest BCUT2D eigenvalue weighted by atomic mass is 10.2. The van der Waals surface area contributed by atoms with E-state index in [-0.39, 0.29) is 5.91 Å². The van der Waals surface area contributed by atoms with Crippen molar-refractivity contribution in [2.75, 3.05) is 27.4 Å². The third-order valence-corrected chi connectivity index (χ3v) is 3.51. The summed E-state index contributed by atoms with van der Waals surface area (Å²) in [6, 6.07) is 14.8. The van der Waals surface area contributed by atoms with Gasteiger partial charge in [0.05, 0.1) is 20.8 Å². The zero-order chi connectivity index (χ0) is 17.2. The van der Waals surface area contributed by atoms with Gasteiger partial charge in [-0.25, -0.2) is 0 Å². The number of amides is 1. The molecule has 0 atom stereocenters. The monoisotopic (exact) mass is 329 g/mol. The predicted molar refractivity (Wildman–Crippen MR) is 93.1 cm³/mol. The van der Waals surface area contributed by atoms with Crippen molar-refractivity contribution in [3.8, 4) is 17.2 Å². The van der Waals surface area contributed by atoms with Gasteiger partial charge in [0.15, 0.2) is 11.5 Å². The van der Waals surface area contributed by atoms with Crippen LogP contribution < -0.4 is 19.5 Å². The Morgan fingerprint density at radius 1 is 0.958 bits per heavy atom. The number of hydrogen-bond acceptors (Lipinski definition) is 4. The lowest BCUT2D eigenvalue weighted by molar-refractivity contribution is 0.0952. The van der Waals surface area contributed by atoms with E-state index in [2.05, 4.69) is 5.32 Å². The Kier molecular flexibility index (Phi) is 6.95. The Hall–Kier alpha value is -2.69. The Bertz CT molecular complexity index is 643. The molecule has 0 saturated carbocycles. The van der Waals surface area contributed by atoms with Gasteiger partial charge in [-0.1, -0.05) is 18.2 Å². The quantitative estimate of drug-likeness (QED) is 0.717. The van der Waals surface area contributed by atoms with Crippen LogP contribution >= 0.6 is 0 Å². The van der Waals surface area contributed by atoms with Crippen LogP contribution in [0, 0.1) is 0 Å². The predicted octanol–water partition coefficient (Wildman–Crippen LogP) is 3.29. The van der Waals surface area contributed by atoms with Crippen LogP contribution in [-0.4, -0.2) is 33.3 Å². The van der Waals surface area contributed by atoms with E-state index in [1.54, 1.807) is 32.4 Å². The first-order chi connectivity index (χ1) is 11.7. The lowest BCUT2D eigenvalue weighted by Gasteiger charge is -2.10.